The summed E-state index contributed by atoms with van der Waals surface area (Å²) in [4.78, 5) is 3.81. The second-order valence-electron chi connectivity index (χ2n) is 9.97. The summed E-state index contributed by atoms with van der Waals surface area (Å²) in [5, 5.41) is 12.1. The molecule has 0 saturated heterocycles. The van der Waals surface area contributed by atoms with Gasteiger partial charge in [0.15, 0.2) is 5.69 Å². The van der Waals surface area contributed by atoms with Crippen molar-refractivity contribution in [1.82, 2.24) is 4.57 Å². The highest BCUT2D eigenvalue weighted by atomic mass is 15.0. The largest absolute Gasteiger partial charge is 0.309 e. The van der Waals surface area contributed by atoms with Crippen LogP contribution in [-0.2, 0) is 0 Å². The lowest BCUT2D eigenvalue weighted by Crippen LogP contribution is -1.94. The van der Waals surface area contributed by atoms with Crippen LogP contribution >= 0.6 is 0 Å². The number of nitriles is 1. The minimum atomic E-state index is 0.475. The van der Waals surface area contributed by atoms with E-state index in [-0.39, 0.29) is 0 Å². The quantitative estimate of drug-likeness (QED) is 0.212. The minimum Gasteiger partial charge on any atom is -0.309 e. The molecular weight excluding hydrogens is 498 g/mol. The van der Waals surface area contributed by atoms with Gasteiger partial charge < -0.3 is 4.57 Å². The standard InChI is InChI=1S/C38H23N3/c1-40-34-19-9-16-30(25-39)37(34)32-18-10-20-36-38(32)33-24-29(27-13-6-3-7-14-27)21-22-35(33)41(36)31-17-8-15-28(23-31)26-11-4-2-5-12-26/h2-24H. The molecule has 0 unspecified atom stereocenters. The molecule has 0 aliphatic carbocycles. The van der Waals surface area contributed by atoms with Crippen molar-refractivity contribution in [1.29, 1.82) is 5.26 Å². The molecule has 0 bridgehead atoms. The topological polar surface area (TPSA) is 33.1 Å². The van der Waals surface area contributed by atoms with Crippen LogP contribution in [0.25, 0.3) is 65.7 Å². The van der Waals surface area contributed by atoms with E-state index in [0.29, 0.717) is 16.8 Å². The molecule has 6 aromatic carbocycles. The number of nitrogens with zero attached hydrogens (tertiary/aromatic N) is 3. The van der Waals surface area contributed by atoms with Gasteiger partial charge in [-0.15, -0.1) is 0 Å². The second-order valence-corrected chi connectivity index (χ2v) is 9.97. The van der Waals surface area contributed by atoms with E-state index >= 15 is 0 Å². The molecule has 3 heteroatoms. The maximum absolute atomic E-state index is 10.0. The summed E-state index contributed by atoms with van der Waals surface area (Å²) >= 11 is 0. The van der Waals surface area contributed by atoms with Crippen LogP contribution < -0.4 is 0 Å². The Morgan fingerprint density at radius 2 is 1.24 bits per heavy atom. The lowest BCUT2D eigenvalue weighted by atomic mass is 9.93. The fourth-order valence-electron chi connectivity index (χ4n) is 5.83. The summed E-state index contributed by atoms with van der Waals surface area (Å²) < 4.78 is 2.29. The summed E-state index contributed by atoms with van der Waals surface area (Å²) in [6.45, 7) is 7.88. The van der Waals surface area contributed by atoms with Crippen molar-refractivity contribution in [2.24, 2.45) is 0 Å². The molecule has 0 aliphatic rings. The molecule has 0 amide bonds. The Kier molecular flexibility index (Phi) is 5.90. The van der Waals surface area contributed by atoms with Gasteiger partial charge in [0.05, 0.1) is 23.7 Å². The van der Waals surface area contributed by atoms with Crippen molar-refractivity contribution >= 4 is 27.5 Å². The monoisotopic (exact) mass is 521 g/mol. The first-order chi connectivity index (χ1) is 20.3. The van der Waals surface area contributed by atoms with E-state index in [1.807, 2.05) is 24.3 Å². The maximum atomic E-state index is 10.0. The third kappa shape index (κ3) is 4.05. The summed E-state index contributed by atoms with van der Waals surface area (Å²) in [6.07, 6.45) is 0. The van der Waals surface area contributed by atoms with E-state index < -0.39 is 0 Å². The van der Waals surface area contributed by atoms with Crippen LogP contribution in [0.3, 0.4) is 0 Å². The smallest absolute Gasteiger partial charge is 0.196 e. The molecule has 7 aromatic rings. The lowest BCUT2D eigenvalue weighted by molar-refractivity contribution is 1.18. The van der Waals surface area contributed by atoms with Crippen LogP contribution in [-0.4, -0.2) is 4.57 Å². The molecule has 0 fully saturated rings. The van der Waals surface area contributed by atoms with Crippen LogP contribution in [0, 0.1) is 17.9 Å². The van der Waals surface area contributed by atoms with Gasteiger partial charge in [0.2, 0.25) is 0 Å². The highest BCUT2D eigenvalue weighted by Crippen LogP contribution is 2.44. The second kappa shape index (κ2) is 10.0. The van der Waals surface area contributed by atoms with Gasteiger partial charge in [-0.2, -0.15) is 5.26 Å². The van der Waals surface area contributed by atoms with Crippen LogP contribution in [0.5, 0.6) is 0 Å². The van der Waals surface area contributed by atoms with E-state index in [4.69, 9.17) is 6.57 Å². The number of rotatable bonds is 4. The summed E-state index contributed by atoms with van der Waals surface area (Å²) in [5.41, 5.74) is 10.2. The zero-order chi connectivity index (χ0) is 27.8. The van der Waals surface area contributed by atoms with Gasteiger partial charge in [-0.1, -0.05) is 103 Å². The normalized spacial score (nSPS) is 10.9. The Labute approximate surface area is 238 Å². The first-order valence-corrected chi connectivity index (χ1v) is 13.5. The number of fused-ring (bicyclic) bond motifs is 3. The van der Waals surface area contributed by atoms with E-state index in [2.05, 4.69) is 113 Å². The van der Waals surface area contributed by atoms with E-state index in [1.54, 1.807) is 18.2 Å². The molecule has 41 heavy (non-hydrogen) atoms. The molecule has 0 aliphatic heterocycles. The van der Waals surface area contributed by atoms with E-state index in [1.165, 1.54) is 0 Å². The van der Waals surface area contributed by atoms with Gasteiger partial charge in [-0.25, -0.2) is 4.85 Å². The molecule has 0 atom stereocenters. The maximum Gasteiger partial charge on any atom is 0.196 e. The zero-order valence-electron chi connectivity index (χ0n) is 22.1. The van der Waals surface area contributed by atoms with Crippen molar-refractivity contribution in [3.63, 3.8) is 0 Å². The number of aromatic nitrogens is 1. The average molecular weight is 522 g/mol. The van der Waals surface area contributed by atoms with Crippen molar-refractivity contribution in [2.75, 3.05) is 0 Å². The zero-order valence-corrected chi connectivity index (χ0v) is 22.1. The number of benzene rings is 6. The van der Waals surface area contributed by atoms with Gasteiger partial charge in [-0.3, -0.25) is 0 Å². The van der Waals surface area contributed by atoms with Crippen molar-refractivity contribution in [2.45, 2.75) is 0 Å². The molecule has 0 radical (unpaired) electrons. The number of hydrogen-bond acceptors (Lipinski definition) is 1. The summed E-state index contributed by atoms with van der Waals surface area (Å²) in [7, 11) is 0. The minimum absolute atomic E-state index is 0.475. The number of hydrogen-bond donors (Lipinski definition) is 0. The molecule has 0 N–H and O–H groups in total. The molecular formula is C38H23N3. The third-order valence-corrected chi connectivity index (χ3v) is 7.66. The Bertz CT molecular complexity index is 2130. The lowest BCUT2D eigenvalue weighted by Gasteiger charge is -2.12. The van der Waals surface area contributed by atoms with Crippen LogP contribution in [0.4, 0.5) is 5.69 Å². The highest BCUT2D eigenvalue weighted by molar-refractivity contribution is 6.17. The van der Waals surface area contributed by atoms with E-state index in [9.17, 15) is 5.26 Å². The molecule has 0 spiro atoms. The Balaban J connectivity index is 1.59. The first-order valence-electron chi connectivity index (χ1n) is 13.5. The Hall–Kier alpha value is -5.90. The van der Waals surface area contributed by atoms with Gasteiger partial charge in [0, 0.05) is 27.6 Å². The third-order valence-electron chi connectivity index (χ3n) is 7.66. The SMILES string of the molecule is [C-]#[N+]c1cccc(C#N)c1-c1cccc2c1c1cc(-c3ccccc3)ccc1n2-c1cccc(-c2ccccc2)c1. The van der Waals surface area contributed by atoms with Crippen molar-refractivity contribution < 1.29 is 0 Å². The molecule has 0 saturated carbocycles. The van der Waals surface area contributed by atoms with Gasteiger partial charge in [0.25, 0.3) is 0 Å². The van der Waals surface area contributed by atoms with Crippen molar-refractivity contribution in [3.05, 3.63) is 157 Å². The molecule has 7 rings (SSSR count). The Morgan fingerprint density at radius 1 is 0.585 bits per heavy atom. The first kappa shape index (κ1) is 24.2. The molecule has 1 aromatic heterocycles. The van der Waals surface area contributed by atoms with Crippen LogP contribution in [0.1, 0.15) is 5.56 Å². The predicted molar refractivity (Wildman–Crippen MR) is 168 cm³/mol. The summed E-state index contributed by atoms with van der Waals surface area (Å²) in [6, 6.07) is 49.8. The molecule has 190 valence electrons. The fourth-order valence-corrected chi connectivity index (χ4v) is 5.83. The van der Waals surface area contributed by atoms with Gasteiger partial charge in [0.1, 0.15) is 0 Å². The van der Waals surface area contributed by atoms with Gasteiger partial charge >= 0.3 is 0 Å². The van der Waals surface area contributed by atoms with Crippen molar-refractivity contribution in [3.8, 4) is 45.1 Å². The van der Waals surface area contributed by atoms with Crippen LogP contribution in [0.2, 0.25) is 0 Å². The van der Waals surface area contributed by atoms with Crippen LogP contribution in [0.15, 0.2) is 140 Å². The molecule has 3 nitrogen and oxygen atoms in total. The fraction of sp³-hybridized carbons (Fsp3) is 0. The molecule has 1 heterocycles. The van der Waals surface area contributed by atoms with E-state index in [0.717, 1.165) is 55.3 Å². The average Bonchev–Trinajstić information content (AvgIpc) is 3.39. The van der Waals surface area contributed by atoms with Gasteiger partial charge in [-0.05, 0) is 64.2 Å². The highest BCUT2D eigenvalue weighted by Gasteiger charge is 2.20. The Morgan fingerprint density at radius 3 is 1.95 bits per heavy atom. The summed E-state index contributed by atoms with van der Waals surface area (Å²) in [5.74, 6) is 0. The predicted octanol–water partition coefficient (Wildman–Crippen LogP) is 10.2.